The number of ketones is 1. The monoisotopic (exact) mass is 453 g/mol. The van der Waals surface area contributed by atoms with Crippen LogP contribution in [0.2, 0.25) is 0 Å². The highest BCUT2D eigenvalue weighted by Crippen LogP contribution is 2.16. The first-order valence-electron chi connectivity index (χ1n) is 10.3. The van der Waals surface area contributed by atoms with E-state index in [1.165, 1.54) is 0 Å². The predicted molar refractivity (Wildman–Crippen MR) is 132 cm³/mol. The molecule has 0 aliphatic carbocycles. The second kappa shape index (κ2) is 11.1. The summed E-state index contributed by atoms with van der Waals surface area (Å²) in [6.07, 6.45) is 7.11. The number of benzene rings is 3. The molecule has 0 amide bonds. The van der Waals surface area contributed by atoms with Gasteiger partial charge in [0, 0.05) is 5.56 Å². The summed E-state index contributed by atoms with van der Waals surface area (Å²) >= 11 is 0. The van der Waals surface area contributed by atoms with Crippen LogP contribution in [0.4, 0.5) is 0 Å². The van der Waals surface area contributed by atoms with Crippen LogP contribution in [-0.4, -0.2) is 31.6 Å². The van der Waals surface area contributed by atoms with Crippen LogP contribution < -0.4 is 0 Å². The number of terminal acetylenes is 1. The number of carbonyl (C=O) groups is 1. The fraction of sp³-hybridized carbons (Fsp3) is 0.107. The molecule has 0 saturated heterocycles. The molecule has 0 aliphatic heterocycles. The van der Waals surface area contributed by atoms with E-state index < -0.39 is 10.0 Å². The molecule has 0 saturated carbocycles. The van der Waals surface area contributed by atoms with E-state index in [1.54, 1.807) is 54.6 Å². The average Bonchev–Trinajstić information content (AvgIpc) is 2.84. The lowest BCUT2D eigenvalue weighted by Gasteiger charge is -2.17. The molecular formula is C28H23NO3S. The molecule has 0 spiro atoms. The smallest absolute Gasteiger partial charge is 0.244 e. The van der Waals surface area contributed by atoms with Crippen LogP contribution in [0.15, 0.2) is 95.4 Å². The van der Waals surface area contributed by atoms with Gasteiger partial charge < -0.3 is 0 Å². The van der Waals surface area contributed by atoms with Gasteiger partial charge in [-0.15, -0.1) is 6.42 Å². The standard InChI is InChI=1S/C28H23NO3S/c1-3-20-29(33(31,32)27-18-16-23(2)17-19-27)21-10-15-26(22-24-11-6-4-7-12-24)28(30)25-13-8-5-9-14-25/h1,4-9,11-14,16-19,22H,20-21H2,2H3/b26-22+. The second-order valence-electron chi connectivity index (χ2n) is 7.26. The Balaban J connectivity index is 1.93. The minimum Gasteiger partial charge on any atom is -0.288 e. The first-order valence-corrected chi connectivity index (χ1v) is 11.7. The van der Waals surface area contributed by atoms with Crippen molar-refractivity contribution in [3.63, 3.8) is 0 Å². The van der Waals surface area contributed by atoms with E-state index in [4.69, 9.17) is 6.42 Å². The number of Topliss-reactive ketones (excluding diaryl/α,β-unsaturated/α-hetero) is 1. The molecule has 0 fully saturated rings. The molecule has 0 aliphatic rings. The van der Waals surface area contributed by atoms with E-state index in [1.807, 2.05) is 43.3 Å². The van der Waals surface area contributed by atoms with Crippen molar-refractivity contribution in [2.24, 2.45) is 0 Å². The third-order valence-corrected chi connectivity index (χ3v) is 6.60. The van der Waals surface area contributed by atoms with Crippen molar-refractivity contribution in [3.05, 3.63) is 107 Å². The van der Waals surface area contributed by atoms with Gasteiger partial charge in [0.15, 0.2) is 0 Å². The van der Waals surface area contributed by atoms with E-state index in [0.717, 1.165) is 15.4 Å². The lowest BCUT2D eigenvalue weighted by atomic mass is 10.0. The second-order valence-corrected chi connectivity index (χ2v) is 9.19. The Morgan fingerprint density at radius 2 is 1.52 bits per heavy atom. The molecule has 0 atom stereocenters. The Bertz CT molecular complexity index is 1340. The summed E-state index contributed by atoms with van der Waals surface area (Å²) in [5.41, 5.74) is 2.54. The van der Waals surface area contributed by atoms with Crippen molar-refractivity contribution in [1.82, 2.24) is 4.31 Å². The SMILES string of the molecule is C#CCN(CC#C/C(=C\c1ccccc1)C(=O)c1ccccc1)S(=O)(=O)c1ccc(C)cc1. The van der Waals surface area contributed by atoms with Gasteiger partial charge in [-0.2, -0.15) is 4.31 Å². The van der Waals surface area contributed by atoms with Gasteiger partial charge in [0.25, 0.3) is 0 Å². The van der Waals surface area contributed by atoms with Gasteiger partial charge in [0.2, 0.25) is 15.8 Å². The summed E-state index contributed by atoms with van der Waals surface area (Å²) in [7, 11) is -3.83. The highest BCUT2D eigenvalue weighted by molar-refractivity contribution is 7.89. The molecule has 0 N–H and O–H groups in total. The van der Waals surface area contributed by atoms with Crippen LogP contribution >= 0.6 is 0 Å². The summed E-state index contributed by atoms with van der Waals surface area (Å²) < 4.78 is 27.2. The molecule has 5 heteroatoms. The maximum atomic E-state index is 13.1. The number of rotatable bonds is 7. The van der Waals surface area contributed by atoms with Crippen LogP contribution in [-0.2, 0) is 10.0 Å². The number of hydrogen-bond acceptors (Lipinski definition) is 3. The zero-order valence-corrected chi connectivity index (χ0v) is 19.0. The molecule has 0 unspecified atom stereocenters. The quantitative estimate of drug-likeness (QED) is 0.299. The van der Waals surface area contributed by atoms with Crippen molar-refractivity contribution in [1.29, 1.82) is 0 Å². The lowest BCUT2D eigenvalue weighted by Crippen LogP contribution is -2.32. The fourth-order valence-electron chi connectivity index (χ4n) is 3.03. The number of carbonyl (C=O) groups excluding carboxylic acids is 1. The third kappa shape index (κ3) is 6.30. The first-order chi connectivity index (χ1) is 15.9. The average molecular weight is 454 g/mol. The van der Waals surface area contributed by atoms with Gasteiger partial charge in [-0.3, -0.25) is 4.79 Å². The highest BCUT2D eigenvalue weighted by atomic mass is 32.2. The molecular weight excluding hydrogens is 430 g/mol. The van der Waals surface area contributed by atoms with E-state index in [2.05, 4.69) is 17.8 Å². The zero-order chi connectivity index (χ0) is 23.7. The summed E-state index contributed by atoms with van der Waals surface area (Å²) in [5.74, 6) is 7.86. The molecule has 0 aromatic heterocycles. The van der Waals surface area contributed by atoms with E-state index >= 15 is 0 Å². The van der Waals surface area contributed by atoms with Gasteiger partial charge in [-0.05, 0) is 30.7 Å². The summed E-state index contributed by atoms with van der Waals surface area (Å²) in [4.78, 5) is 13.2. The number of aryl methyl sites for hydroxylation is 1. The third-order valence-electron chi connectivity index (χ3n) is 4.80. The van der Waals surface area contributed by atoms with Crippen LogP contribution in [0.3, 0.4) is 0 Å². The first kappa shape index (κ1) is 23.8. The van der Waals surface area contributed by atoms with E-state index in [0.29, 0.717) is 5.56 Å². The number of nitrogens with zero attached hydrogens (tertiary/aromatic N) is 1. The van der Waals surface area contributed by atoms with Crippen molar-refractivity contribution < 1.29 is 13.2 Å². The summed E-state index contributed by atoms with van der Waals surface area (Å²) in [6.45, 7) is 1.61. The van der Waals surface area contributed by atoms with Crippen LogP contribution in [0.25, 0.3) is 6.08 Å². The normalized spacial score (nSPS) is 11.4. The Morgan fingerprint density at radius 1 is 0.909 bits per heavy atom. The Labute approximate surface area is 195 Å². The maximum absolute atomic E-state index is 13.1. The summed E-state index contributed by atoms with van der Waals surface area (Å²) in [6, 6.07) is 24.7. The Morgan fingerprint density at radius 3 is 2.12 bits per heavy atom. The molecule has 0 radical (unpaired) electrons. The molecule has 164 valence electrons. The van der Waals surface area contributed by atoms with Gasteiger partial charge in [-0.1, -0.05) is 96.1 Å². The van der Waals surface area contributed by atoms with Crippen molar-refractivity contribution in [2.75, 3.05) is 13.1 Å². The van der Waals surface area contributed by atoms with Crippen LogP contribution in [0.5, 0.6) is 0 Å². The van der Waals surface area contributed by atoms with Crippen LogP contribution in [0, 0.1) is 31.1 Å². The molecule has 4 nitrogen and oxygen atoms in total. The maximum Gasteiger partial charge on any atom is 0.244 e. The molecule has 33 heavy (non-hydrogen) atoms. The van der Waals surface area contributed by atoms with Crippen molar-refractivity contribution in [2.45, 2.75) is 11.8 Å². The number of hydrogen-bond donors (Lipinski definition) is 0. The number of sulfonamides is 1. The highest BCUT2D eigenvalue weighted by Gasteiger charge is 2.23. The van der Waals surface area contributed by atoms with Crippen molar-refractivity contribution in [3.8, 4) is 24.2 Å². The van der Waals surface area contributed by atoms with E-state index in [9.17, 15) is 13.2 Å². The molecule has 0 heterocycles. The molecule has 3 rings (SSSR count). The van der Waals surface area contributed by atoms with Gasteiger partial charge >= 0.3 is 0 Å². The minimum atomic E-state index is -3.83. The lowest BCUT2D eigenvalue weighted by molar-refractivity contribution is 0.104. The largest absolute Gasteiger partial charge is 0.288 e. The van der Waals surface area contributed by atoms with E-state index in [-0.39, 0.29) is 29.3 Å². The molecule has 3 aromatic carbocycles. The molecule has 0 bridgehead atoms. The van der Waals surface area contributed by atoms with Crippen LogP contribution in [0.1, 0.15) is 21.5 Å². The number of allylic oxidation sites excluding steroid dienone is 1. The Kier molecular flexibility index (Phi) is 8.00. The van der Waals surface area contributed by atoms with Gasteiger partial charge in [0.1, 0.15) is 0 Å². The minimum absolute atomic E-state index is 0.130. The fourth-order valence-corrected chi connectivity index (χ4v) is 4.29. The van der Waals surface area contributed by atoms with Crippen molar-refractivity contribution >= 4 is 21.9 Å². The predicted octanol–water partition coefficient (Wildman–Crippen LogP) is 4.59. The Hall–Kier alpha value is -3.90. The summed E-state index contributed by atoms with van der Waals surface area (Å²) in [5, 5.41) is 0. The van der Waals surface area contributed by atoms with Gasteiger partial charge in [-0.25, -0.2) is 8.42 Å². The molecule has 3 aromatic rings. The zero-order valence-electron chi connectivity index (χ0n) is 18.2. The van der Waals surface area contributed by atoms with Gasteiger partial charge in [0.05, 0.1) is 23.6 Å². The topological polar surface area (TPSA) is 54.5 Å².